The normalized spacial score (nSPS) is 15.5. The Morgan fingerprint density at radius 2 is 1.36 bits per heavy atom. The summed E-state index contributed by atoms with van der Waals surface area (Å²) in [6, 6.07) is 0. The molecule has 0 atom stereocenters. The van der Waals surface area contributed by atoms with Crippen molar-refractivity contribution >= 4 is 10.0 Å². The average Bonchev–Trinajstić information content (AvgIpc) is 2.25. The highest BCUT2D eigenvalue weighted by Gasteiger charge is 2.85. The van der Waals surface area contributed by atoms with Crippen molar-refractivity contribution in [2.45, 2.75) is 23.3 Å². The van der Waals surface area contributed by atoms with Crippen molar-refractivity contribution in [2.75, 3.05) is 20.1 Å². The summed E-state index contributed by atoms with van der Waals surface area (Å²) in [5.41, 5.74) is 0. The second-order valence-electron chi connectivity index (χ2n) is 3.91. The molecule has 0 heterocycles. The largest absolute Gasteiger partial charge is 0.785 e. The van der Waals surface area contributed by atoms with Crippen LogP contribution in [-0.2, 0) is 10.0 Å². The van der Waals surface area contributed by atoms with E-state index in [4.69, 9.17) is 0 Å². The minimum Gasteiger partial charge on any atom is -0.785 e. The first-order chi connectivity index (χ1) is 9.42. The van der Waals surface area contributed by atoms with Crippen molar-refractivity contribution in [3.05, 3.63) is 5.21 Å². The van der Waals surface area contributed by atoms with Gasteiger partial charge in [-0.2, -0.15) is 39.5 Å². The van der Waals surface area contributed by atoms with Crippen LogP contribution in [0.25, 0.3) is 0 Å². The van der Waals surface area contributed by atoms with Crippen LogP contribution in [0.5, 0.6) is 0 Å². The van der Waals surface area contributed by atoms with E-state index < -0.39 is 46.4 Å². The maximum Gasteiger partial charge on any atom is 0.460 e. The first-order valence-electron chi connectivity index (χ1n) is 4.99. The summed E-state index contributed by atoms with van der Waals surface area (Å²) >= 11 is 0. The molecule has 0 bridgehead atoms. The summed E-state index contributed by atoms with van der Waals surface area (Å²) in [6.45, 7) is -2.07. The monoisotopic (exact) mass is 371 g/mol. The van der Waals surface area contributed by atoms with Crippen LogP contribution in [0.4, 0.5) is 39.5 Å². The molecule has 0 aliphatic heterocycles. The van der Waals surface area contributed by atoms with Crippen LogP contribution in [0.2, 0.25) is 0 Å². The van der Waals surface area contributed by atoms with Crippen LogP contribution in [0, 0.1) is 5.21 Å². The molecule has 0 aromatic carbocycles. The van der Waals surface area contributed by atoms with Gasteiger partial charge in [-0.15, -0.1) is 0 Å². The standard InChI is InChI=1S/C7H8F9N2O3S/c1-18(19)3-2-17-22(20,21)7(15,16)5(10,11)4(8,9)6(12,13)14/h17H,2-3H2,1H3/q-1. The highest BCUT2D eigenvalue weighted by molar-refractivity contribution is 7.90. The molecule has 0 unspecified atom stereocenters. The molecule has 0 radical (unpaired) electrons. The molecular weight excluding hydrogens is 363 g/mol. The number of hydrogen-bond acceptors (Lipinski definition) is 4. The van der Waals surface area contributed by atoms with Gasteiger partial charge in [-0.25, -0.2) is 13.1 Å². The SMILES string of the molecule is CN([O-])CCNS(=O)(=O)C(F)(F)C(F)(F)C(F)(F)C(F)(F)F. The minimum absolute atomic E-state index is 0.0386. The molecular formula is C7H8F9N2O3S-. The van der Waals surface area contributed by atoms with Gasteiger partial charge in [0.05, 0.1) is 0 Å². The lowest BCUT2D eigenvalue weighted by atomic mass is 10.1. The van der Waals surface area contributed by atoms with E-state index >= 15 is 0 Å². The van der Waals surface area contributed by atoms with Crippen molar-refractivity contribution in [1.29, 1.82) is 0 Å². The van der Waals surface area contributed by atoms with Gasteiger partial charge in [0.25, 0.3) is 10.0 Å². The molecule has 5 nitrogen and oxygen atoms in total. The van der Waals surface area contributed by atoms with E-state index in [1.165, 1.54) is 0 Å². The Labute approximate surface area is 117 Å². The van der Waals surface area contributed by atoms with Gasteiger partial charge in [-0.1, -0.05) is 0 Å². The summed E-state index contributed by atoms with van der Waals surface area (Å²) in [4.78, 5) is 0. The third-order valence-corrected chi connectivity index (χ3v) is 3.69. The number of hydrogen-bond donors (Lipinski definition) is 1. The van der Waals surface area contributed by atoms with E-state index in [2.05, 4.69) is 0 Å². The Morgan fingerprint density at radius 1 is 0.955 bits per heavy atom. The van der Waals surface area contributed by atoms with Crippen molar-refractivity contribution in [3.8, 4) is 0 Å². The molecule has 0 aromatic heterocycles. The summed E-state index contributed by atoms with van der Waals surface area (Å²) < 4.78 is 135. The van der Waals surface area contributed by atoms with E-state index in [9.17, 15) is 53.1 Å². The van der Waals surface area contributed by atoms with Crippen LogP contribution < -0.4 is 4.72 Å². The van der Waals surface area contributed by atoms with Crippen molar-refractivity contribution in [3.63, 3.8) is 0 Å². The van der Waals surface area contributed by atoms with Gasteiger partial charge >= 0.3 is 23.3 Å². The number of nitrogens with one attached hydrogen (secondary N) is 1. The number of halogens is 9. The second kappa shape index (κ2) is 6.01. The summed E-state index contributed by atoms with van der Waals surface area (Å²) in [5.74, 6) is -14.6. The fourth-order valence-electron chi connectivity index (χ4n) is 0.958. The van der Waals surface area contributed by atoms with E-state index in [1.54, 1.807) is 0 Å². The zero-order chi connectivity index (χ0) is 18.2. The van der Waals surface area contributed by atoms with Crippen LogP contribution in [-0.4, -0.2) is 56.9 Å². The molecule has 0 saturated carbocycles. The highest BCUT2D eigenvalue weighted by atomic mass is 32.2. The molecule has 0 saturated heterocycles. The second-order valence-corrected chi connectivity index (χ2v) is 5.72. The smallest absolute Gasteiger partial charge is 0.460 e. The van der Waals surface area contributed by atoms with Crippen LogP contribution >= 0.6 is 0 Å². The zero-order valence-corrected chi connectivity index (χ0v) is 11.2. The Morgan fingerprint density at radius 3 is 1.68 bits per heavy atom. The third kappa shape index (κ3) is 3.57. The molecule has 22 heavy (non-hydrogen) atoms. The Bertz CT molecular complexity index is 488. The number of sulfonamides is 1. The Kier molecular flexibility index (Phi) is 5.79. The predicted octanol–water partition coefficient (Wildman–Crippen LogP) is 1.76. The lowest BCUT2D eigenvalue weighted by Crippen LogP contribution is -2.65. The number of rotatable bonds is 7. The topological polar surface area (TPSA) is 72.5 Å². The van der Waals surface area contributed by atoms with Crippen LogP contribution in [0.15, 0.2) is 0 Å². The van der Waals surface area contributed by atoms with Gasteiger partial charge in [0, 0.05) is 6.54 Å². The van der Waals surface area contributed by atoms with Crippen molar-refractivity contribution < 1.29 is 47.9 Å². The number of nitrogens with zero attached hydrogens (tertiary/aromatic N) is 1. The Balaban J connectivity index is 5.61. The number of likely N-dealkylation sites (N-methyl/N-ethyl adjacent to an activating group) is 1. The number of hydroxylamine groups is 2. The molecule has 0 spiro atoms. The van der Waals surface area contributed by atoms with Gasteiger partial charge in [-0.3, -0.25) is 0 Å². The fourth-order valence-corrected chi connectivity index (χ4v) is 1.96. The van der Waals surface area contributed by atoms with Crippen molar-refractivity contribution in [1.82, 2.24) is 9.79 Å². The first-order valence-corrected chi connectivity index (χ1v) is 6.48. The molecule has 0 amide bonds. The van der Waals surface area contributed by atoms with E-state index in [-0.39, 0.29) is 5.06 Å². The zero-order valence-electron chi connectivity index (χ0n) is 10.4. The minimum atomic E-state index is -7.31. The molecule has 15 heteroatoms. The molecule has 0 aromatic rings. The molecule has 0 fully saturated rings. The van der Waals surface area contributed by atoms with Gasteiger partial charge in [0.1, 0.15) is 0 Å². The van der Waals surface area contributed by atoms with Gasteiger partial charge in [-0.05, 0) is 13.6 Å². The quantitative estimate of drug-likeness (QED) is 0.547. The Hall–Kier alpha value is -0.800. The summed E-state index contributed by atoms with van der Waals surface area (Å²) in [6.07, 6.45) is -7.12. The van der Waals surface area contributed by atoms with Gasteiger partial charge in [0.15, 0.2) is 0 Å². The molecule has 0 aliphatic carbocycles. The summed E-state index contributed by atoms with van der Waals surface area (Å²) in [5, 5.41) is 3.51. The van der Waals surface area contributed by atoms with E-state index in [1.807, 2.05) is 0 Å². The van der Waals surface area contributed by atoms with Crippen LogP contribution in [0.3, 0.4) is 0 Å². The van der Waals surface area contributed by atoms with Crippen molar-refractivity contribution in [2.24, 2.45) is 0 Å². The molecule has 1 N–H and O–H groups in total. The average molecular weight is 371 g/mol. The summed E-state index contributed by atoms with van der Waals surface area (Å²) in [7, 11) is -5.86. The molecule has 134 valence electrons. The lowest BCUT2D eigenvalue weighted by molar-refractivity contribution is -0.382. The fraction of sp³-hybridized carbons (Fsp3) is 1.00. The lowest BCUT2D eigenvalue weighted by Gasteiger charge is -2.33. The van der Waals surface area contributed by atoms with Gasteiger partial charge < -0.3 is 10.3 Å². The van der Waals surface area contributed by atoms with Crippen LogP contribution in [0.1, 0.15) is 0 Å². The number of alkyl halides is 9. The maximum absolute atomic E-state index is 13.1. The van der Waals surface area contributed by atoms with E-state index in [0.29, 0.717) is 4.72 Å². The first kappa shape index (κ1) is 21.2. The van der Waals surface area contributed by atoms with E-state index in [0.717, 1.165) is 7.05 Å². The maximum atomic E-state index is 13.1. The molecule has 0 rings (SSSR count). The highest BCUT2D eigenvalue weighted by Crippen LogP contribution is 2.54. The third-order valence-electron chi connectivity index (χ3n) is 2.17. The molecule has 0 aliphatic rings. The van der Waals surface area contributed by atoms with Gasteiger partial charge in [0.2, 0.25) is 0 Å². The predicted molar refractivity (Wildman–Crippen MR) is 53.8 cm³/mol.